The van der Waals surface area contributed by atoms with Crippen LogP contribution < -0.4 is 5.73 Å². The van der Waals surface area contributed by atoms with Gasteiger partial charge in [-0.05, 0) is 69.1 Å². The fourth-order valence-electron chi connectivity index (χ4n) is 3.74. The highest BCUT2D eigenvalue weighted by molar-refractivity contribution is 5.97. The first-order valence-corrected chi connectivity index (χ1v) is 10.9. The van der Waals surface area contributed by atoms with Gasteiger partial charge in [-0.25, -0.2) is 9.59 Å². The number of benzene rings is 2. The summed E-state index contributed by atoms with van der Waals surface area (Å²) >= 11 is 0. The van der Waals surface area contributed by atoms with Crippen molar-refractivity contribution in [2.75, 3.05) is 19.6 Å². The highest BCUT2D eigenvalue weighted by atomic mass is 16.4. The first-order valence-electron chi connectivity index (χ1n) is 10.9. The lowest BCUT2D eigenvalue weighted by Gasteiger charge is -2.26. The number of rotatable bonds is 8. The molecule has 7 heteroatoms. The van der Waals surface area contributed by atoms with E-state index in [-0.39, 0.29) is 16.9 Å². The molecule has 0 aromatic heterocycles. The Balaban J connectivity index is 0.000000244. The SMILES string of the molecule is Cc1ccc(C(=O)O)cc1C(=O)O.NCc1ccccc1C(=O)CCCN1CCCCC1. The number of nitrogens with two attached hydrogens (primary N) is 1. The van der Waals surface area contributed by atoms with Crippen molar-refractivity contribution in [1.29, 1.82) is 0 Å². The molecule has 0 unspecified atom stereocenters. The van der Waals surface area contributed by atoms with Crippen molar-refractivity contribution in [3.63, 3.8) is 0 Å². The molecular weight excluding hydrogens is 408 g/mol. The summed E-state index contributed by atoms with van der Waals surface area (Å²) in [6.07, 6.45) is 5.57. The van der Waals surface area contributed by atoms with E-state index in [0.29, 0.717) is 18.5 Å². The summed E-state index contributed by atoms with van der Waals surface area (Å²) in [7, 11) is 0. The van der Waals surface area contributed by atoms with Gasteiger partial charge in [0.25, 0.3) is 0 Å². The van der Waals surface area contributed by atoms with Gasteiger partial charge in [0.05, 0.1) is 11.1 Å². The number of hydrogen-bond acceptors (Lipinski definition) is 5. The third-order valence-electron chi connectivity index (χ3n) is 5.58. The van der Waals surface area contributed by atoms with Gasteiger partial charge in [-0.3, -0.25) is 4.79 Å². The van der Waals surface area contributed by atoms with Crippen LogP contribution >= 0.6 is 0 Å². The van der Waals surface area contributed by atoms with E-state index in [4.69, 9.17) is 15.9 Å². The summed E-state index contributed by atoms with van der Waals surface area (Å²) in [6.45, 7) is 5.51. The highest BCUT2D eigenvalue weighted by Gasteiger charge is 2.13. The van der Waals surface area contributed by atoms with E-state index in [0.717, 1.165) is 30.2 Å². The second-order valence-corrected chi connectivity index (χ2v) is 7.93. The monoisotopic (exact) mass is 440 g/mol. The summed E-state index contributed by atoms with van der Waals surface area (Å²) in [5, 5.41) is 17.3. The van der Waals surface area contributed by atoms with Crippen molar-refractivity contribution in [2.45, 2.75) is 45.6 Å². The van der Waals surface area contributed by atoms with Gasteiger partial charge in [0, 0.05) is 18.5 Å². The van der Waals surface area contributed by atoms with E-state index in [1.54, 1.807) is 6.92 Å². The summed E-state index contributed by atoms with van der Waals surface area (Å²) < 4.78 is 0. The fraction of sp³-hybridized carbons (Fsp3) is 0.400. The van der Waals surface area contributed by atoms with E-state index in [1.807, 2.05) is 24.3 Å². The van der Waals surface area contributed by atoms with E-state index in [2.05, 4.69) is 4.90 Å². The van der Waals surface area contributed by atoms with Gasteiger partial charge >= 0.3 is 11.9 Å². The van der Waals surface area contributed by atoms with Crippen LogP contribution in [0.15, 0.2) is 42.5 Å². The minimum Gasteiger partial charge on any atom is -0.478 e. The fourth-order valence-corrected chi connectivity index (χ4v) is 3.74. The number of ketones is 1. The van der Waals surface area contributed by atoms with Crippen LogP contribution in [0.4, 0.5) is 0 Å². The molecule has 0 spiro atoms. The zero-order valence-electron chi connectivity index (χ0n) is 18.5. The van der Waals surface area contributed by atoms with Crippen LogP contribution in [0.1, 0.15) is 74.3 Å². The van der Waals surface area contributed by atoms with Gasteiger partial charge in [0.2, 0.25) is 0 Å². The molecule has 0 amide bonds. The molecule has 1 saturated heterocycles. The van der Waals surface area contributed by atoms with E-state index in [9.17, 15) is 14.4 Å². The van der Waals surface area contributed by atoms with Crippen LogP contribution in [-0.2, 0) is 6.54 Å². The van der Waals surface area contributed by atoms with Crippen LogP contribution in [0.2, 0.25) is 0 Å². The Morgan fingerprint density at radius 2 is 1.62 bits per heavy atom. The zero-order valence-corrected chi connectivity index (χ0v) is 18.5. The summed E-state index contributed by atoms with van der Waals surface area (Å²) in [6, 6.07) is 11.7. The number of piperidine rings is 1. The number of nitrogens with zero attached hydrogens (tertiary/aromatic N) is 1. The first kappa shape index (κ1) is 25.2. The van der Waals surface area contributed by atoms with Crippen LogP contribution in [0, 0.1) is 6.92 Å². The number of carboxylic acids is 2. The molecule has 3 rings (SSSR count). The van der Waals surface area contributed by atoms with Crippen molar-refractivity contribution in [3.8, 4) is 0 Å². The Kier molecular flexibility index (Phi) is 10.0. The predicted octanol–water partition coefficient (Wildman–Crippen LogP) is 3.99. The van der Waals surface area contributed by atoms with Crippen LogP contribution in [0.5, 0.6) is 0 Å². The zero-order chi connectivity index (χ0) is 23.5. The molecule has 7 nitrogen and oxygen atoms in total. The molecular formula is C25H32N2O5. The number of likely N-dealkylation sites (tertiary alicyclic amines) is 1. The maximum absolute atomic E-state index is 12.2. The number of aromatic carboxylic acids is 2. The van der Waals surface area contributed by atoms with Crippen LogP contribution in [-0.4, -0.2) is 52.5 Å². The lowest BCUT2D eigenvalue weighted by molar-refractivity contribution is 0.0695. The van der Waals surface area contributed by atoms with Crippen molar-refractivity contribution >= 4 is 17.7 Å². The molecule has 0 radical (unpaired) electrons. The van der Waals surface area contributed by atoms with Gasteiger partial charge < -0.3 is 20.8 Å². The van der Waals surface area contributed by atoms with Gasteiger partial charge in [-0.1, -0.05) is 36.8 Å². The van der Waals surface area contributed by atoms with Crippen molar-refractivity contribution in [3.05, 3.63) is 70.3 Å². The highest BCUT2D eigenvalue weighted by Crippen LogP contribution is 2.14. The summed E-state index contributed by atoms with van der Waals surface area (Å²) in [5.41, 5.74) is 8.02. The molecule has 2 aromatic rings. The first-order chi connectivity index (χ1) is 15.3. The van der Waals surface area contributed by atoms with Gasteiger partial charge in [0.1, 0.15) is 0 Å². The summed E-state index contributed by atoms with van der Waals surface area (Å²) in [4.78, 5) is 35.8. The Bertz CT molecular complexity index is 936. The molecule has 0 atom stereocenters. The number of aryl methyl sites for hydroxylation is 1. The number of Topliss-reactive ketones (excluding diaryl/α,β-unsaturated/α-hetero) is 1. The molecule has 4 N–H and O–H groups in total. The second-order valence-electron chi connectivity index (χ2n) is 7.93. The molecule has 0 saturated carbocycles. The smallest absolute Gasteiger partial charge is 0.335 e. The van der Waals surface area contributed by atoms with Crippen molar-refractivity contribution in [2.24, 2.45) is 5.73 Å². The molecule has 0 aliphatic carbocycles. The predicted molar refractivity (Wildman–Crippen MR) is 123 cm³/mol. The maximum atomic E-state index is 12.2. The molecule has 0 bridgehead atoms. The lowest BCUT2D eigenvalue weighted by atomic mass is 10.0. The third kappa shape index (κ3) is 7.59. The molecule has 1 heterocycles. The van der Waals surface area contributed by atoms with Crippen LogP contribution in [0.3, 0.4) is 0 Å². The lowest BCUT2D eigenvalue weighted by Crippen LogP contribution is -2.30. The van der Waals surface area contributed by atoms with Gasteiger partial charge in [-0.2, -0.15) is 0 Å². The van der Waals surface area contributed by atoms with Crippen molar-refractivity contribution < 1.29 is 24.6 Å². The van der Waals surface area contributed by atoms with Gasteiger partial charge in [0.15, 0.2) is 5.78 Å². The molecule has 172 valence electrons. The minimum absolute atomic E-state index is 0.0111. The number of carboxylic acid groups (broad SMARTS) is 2. The standard InChI is InChI=1S/C16H24N2O.C9H8O4/c17-13-14-7-2-3-8-15(14)16(19)9-6-12-18-10-4-1-5-11-18;1-5-2-3-6(8(10)11)4-7(5)9(12)13/h2-3,7-8H,1,4-6,9-13,17H2;2-4H,1H3,(H,10,11)(H,12,13). The quantitative estimate of drug-likeness (QED) is 0.531. The molecule has 2 aromatic carbocycles. The molecule has 1 fully saturated rings. The molecule has 32 heavy (non-hydrogen) atoms. The second kappa shape index (κ2) is 12.7. The number of carbonyl (C=O) groups excluding carboxylic acids is 1. The van der Waals surface area contributed by atoms with Crippen LogP contribution in [0.25, 0.3) is 0 Å². The Labute approximate surface area is 188 Å². The average molecular weight is 441 g/mol. The number of carbonyl (C=O) groups is 3. The molecule has 1 aliphatic heterocycles. The Hall–Kier alpha value is -3.03. The third-order valence-corrected chi connectivity index (χ3v) is 5.58. The average Bonchev–Trinajstić information content (AvgIpc) is 2.80. The Morgan fingerprint density at radius 1 is 0.938 bits per heavy atom. The summed E-state index contributed by atoms with van der Waals surface area (Å²) in [5.74, 6) is -2.00. The minimum atomic E-state index is -1.12. The van der Waals surface area contributed by atoms with E-state index < -0.39 is 11.9 Å². The normalized spacial score (nSPS) is 13.7. The molecule has 1 aliphatic rings. The van der Waals surface area contributed by atoms with Gasteiger partial charge in [-0.15, -0.1) is 0 Å². The maximum Gasteiger partial charge on any atom is 0.335 e. The number of hydrogen-bond donors (Lipinski definition) is 3. The van der Waals surface area contributed by atoms with Crippen molar-refractivity contribution in [1.82, 2.24) is 4.90 Å². The Morgan fingerprint density at radius 3 is 2.25 bits per heavy atom. The van der Waals surface area contributed by atoms with E-state index >= 15 is 0 Å². The van der Waals surface area contributed by atoms with E-state index in [1.165, 1.54) is 44.5 Å². The topological polar surface area (TPSA) is 121 Å². The largest absolute Gasteiger partial charge is 0.478 e.